The van der Waals surface area contributed by atoms with Gasteiger partial charge in [0.05, 0.1) is 6.20 Å². The number of unbranched alkanes of at least 4 members (excludes halogenated alkanes) is 1. The second kappa shape index (κ2) is 5.63. The van der Waals surface area contributed by atoms with E-state index in [0.717, 1.165) is 37.8 Å². The fraction of sp³-hybridized carbons (Fsp3) is 0.727. The highest BCUT2D eigenvalue weighted by molar-refractivity contribution is 5.39. The van der Waals surface area contributed by atoms with Crippen LogP contribution in [0, 0.1) is 0 Å². The van der Waals surface area contributed by atoms with Crippen LogP contribution >= 0.6 is 0 Å². The smallest absolute Gasteiger partial charge is 0.247 e. The van der Waals surface area contributed by atoms with Gasteiger partial charge in [-0.1, -0.05) is 13.3 Å². The van der Waals surface area contributed by atoms with E-state index in [1.54, 1.807) is 6.20 Å². The fourth-order valence-corrected chi connectivity index (χ4v) is 1.82. The third kappa shape index (κ3) is 2.81. The second-order valence-electron chi connectivity index (χ2n) is 4.12. The molecule has 1 fully saturated rings. The third-order valence-electron chi connectivity index (χ3n) is 2.77. The first-order chi connectivity index (χ1) is 7.90. The maximum atomic E-state index is 4.47. The molecule has 16 heavy (non-hydrogen) atoms. The van der Waals surface area contributed by atoms with Gasteiger partial charge in [0.25, 0.3) is 0 Å². The van der Waals surface area contributed by atoms with Gasteiger partial charge in [-0.25, -0.2) is 0 Å². The summed E-state index contributed by atoms with van der Waals surface area (Å²) in [5, 5.41) is 11.3. The highest BCUT2D eigenvalue weighted by atomic mass is 15.3. The lowest BCUT2D eigenvalue weighted by Crippen LogP contribution is -2.21. The van der Waals surface area contributed by atoms with Crippen LogP contribution in [-0.2, 0) is 0 Å². The van der Waals surface area contributed by atoms with E-state index in [1.165, 1.54) is 19.3 Å². The Bertz CT molecular complexity index is 322. The molecule has 0 spiro atoms. The van der Waals surface area contributed by atoms with Gasteiger partial charge < -0.3 is 10.2 Å². The molecule has 1 N–H and O–H groups in total. The predicted octanol–water partition coefficient (Wildman–Crippen LogP) is 1.68. The largest absolute Gasteiger partial charge is 0.369 e. The minimum atomic E-state index is 0.763. The van der Waals surface area contributed by atoms with Gasteiger partial charge in [0.15, 0.2) is 5.82 Å². The van der Waals surface area contributed by atoms with Crippen molar-refractivity contribution in [3.05, 3.63) is 6.20 Å². The average molecular weight is 221 g/mol. The summed E-state index contributed by atoms with van der Waals surface area (Å²) in [6, 6.07) is 0. The van der Waals surface area contributed by atoms with E-state index in [4.69, 9.17) is 0 Å². The molecule has 1 aliphatic rings. The molecule has 0 aromatic carbocycles. The normalized spacial score (nSPS) is 15.4. The van der Waals surface area contributed by atoms with Gasteiger partial charge in [-0.3, -0.25) is 0 Å². The van der Waals surface area contributed by atoms with E-state index in [1.807, 2.05) is 0 Å². The number of aromatic nitrogens is 3. The summed E-state index contributed by atoms with van der Waals surface area (Å²) < 4.78 is 0. The summed E-state index contributed by atoms with van der Waals surface area (Å²) in [6.45, 7) is 5.24. The Morgan fingerprint density at radius 3 is 2.94 bits per heavy atom. The summed E-state index contributed by atoms with van der Waals surface area (Å²) >= 11 is 0. The molecular weight excluding hydrogens is 202 g/mol. The summed E-state index contributed by atoms with van der Waals surface area (Å²) in [7, 11) is 0. The van der Waals surface area contributed by atoms with Crippen LogP contribution < -0.4 is 10.2 Å². The van der Waals surface area contributed by atoms with Gasteiger partial charge in [-0.15, -0.1) is 5.10 Å². The Balaban J connectivity index is 1.95. The number of rotatable bonds is 5. The Morgan fingerprint density at radius 2 is 2.19 bits per heavy atom. The van der Waals surface area contributed by atoms with Crippen LogP contribution in [0.2, 0.25) is 0 Å². The van der Waals surface area contributed by atoms with Crippen LogP contribution in [0.5, 0.6) is 0 Å². The Morgan fingerprint density at radius 1 is 1.38 bits per heavy atom. The van der Waals surface area contributed by atoms with E-state index in [9.17, 15) is 0 Å². The van der Waals surface area contributed by atoms with E-state index in [0.29, 0.717) is 0 Å². The molecule has 1 saturated heterocycles. The molecule has 0 saturated carbocycles. The van der Waals surface area contributed by atoms with E-state index >= 15 is 0 Å². The zero-order chi connectivity index (χ0) is 11.2. The van der Waals surface area contributed by atoms with Crippen LogP contribution in [0.1, 0.15) is 32.6 Å². The number of nitrogens with zero attached hydrogens (tertiary/aromatic N) is 4. The highest BCUT2D eigenvalue weighted by Crippen LogP contribution is 2.15. The zero-order valence-corrected chi connectivity index (χ0v) is 9.82. The topological polar surface area (TPSA) is 53.9 Å². The van der Waals surface area contributed by atoms with Crippen LogP contribution in [0.15, 0.2) is 6.20 Å². The van der Waals surface area contributed by atoms with Crippen LogP contribution in [0.3, 0.4) is 0 Å². The molecule has 1 aromatic heterocycles. The molecule has 88 valence electrons. The highest BCUT2D eigenvalue weighted by Gasteiger charge is 2.15. The Kier molecular flexibility index (Phi) is 3.91. The molecule has 0 aliphatic carbocycles. The summed E-state index contributed by atoms with van der Waals surface area (Å²) in [4.78, 5) is 6.66. The second-order valence-corrected chi connectivity index (χ2v) is 4.12. The molecule has 0 radical (unpaired) electrons. The molecule has 0 unspecified atom stereocenters. The zero-order valence-electron chi connectivity index (χ0n) is 9.82. The number of nitrogens with one attached hydrogen (secondary N) is 1. The maximum absolute atomic E-state index is 4.47. The third-order valence-corrected chi connectivity index (χ3v) is 2.77. The summed E-state index contributed by atoms with van der Waals surface area (Å²) in [5.41, 5.74) is 0. The SMILES string of the molecule is CCCCNc1cnnc(N2CCCC2)n1. The van der Waals surface area contributed by atoms with Crippen molar-refractivity contribution >= 4 is 11.8 Å². The molecular formula is C11H19N5. The summed E-state index contributed by atoms with van der Waals surface area (Å²) in [5.74, 6) is 1.60. The molecule has 2 rings (SSSR count). The Labute approximate surface area is 96.3 Å². The first-order valence-corrected chi connectivity index (χ1v) is 6.08. The van der Waals surface area contributed by atoms with Crippen LogP contribution in [-0.4, -0.2) is 34.8 Å². The minimum Gasteiger partial charge on any atom is -0.369 e. The first-order valence-electron chi connectivity index (χ1n) is 6.08. The number of hydrogen-bond acceptors (Lipinski definition) is 5. The standard InChI is InChI=1S/C11H19N5/c1-2-3-6-12-10-9-13-15-11(14-10)16-7-4-5-8-16/h9H,2-8H2,1H3,(H,12,14,15). The molecule has 0 bridgehead atoms. The predicted molar refractivity (Wildman–Crippen MR) is 64.7 cm³/mol. The van der Waals surface area contributed by atoms with Crippen molar-refractivity contribution in [2.45, 2.75) is 32.6 Å². The molecule has 0 amide bonds. The van der Waals surface area contributed by atoms with Crippen molar-refractivity contribution in [3.63, 3.8) is 0 Å². The van der Waals surface area contributed by atoms with Crippen molar-refractivity contribution in [3.8, 4) is 0 Å². The van der Waals surface area contributed by atoms with Gasteiger partial charge in [0.1, 0.15) is 0 Å². The molecule has 0 atom stereocenters. The fourth-order valence-electron chi connectivity index (χ4n) is 1.82. The molecule has 1 aliphatic heterocycles. The lowest BCUT2D eigenvalue weighted by Gasteiger charge is -2.14. The quantitative estimate of drug-likeness (QED) is 0.767. The lowest BCUT2D eigenvalue weighted by molar-refractivity contribution is 0.816. The van der Waals surface area contributed by atoms with Gasteiger partial charge in [0, 0.05) is 19.6 Å². The number of hydrogen-bond donors (Lipinski definition) is 1. The summed E-state index contributed by atoms with van der Waals surface area (Å²) in [6.07, 6.45) is 6.50. The van der Waals surface area contributed by atoms with E-state index in [2.05, 4.69) is 32.3 Å². The molecule has 1 aromatic rings. The van der Waals surface area contributed by atoms with Crippen molar-refractivity contribution in [2.75, 3.05) is 29.9 Å². The maximum Gasteiger partial charge on any atom is 0.247 e. The van der Waals surface area contributed by atoms with E-state index in [-0.39, 0.29) is 0 Å². The first kappa shape index (κ1) is 11.1. The van der Waals surface area contributed by atoms with Crippen molar-refractivity contribution in [2.24, 2.45) is 0 Å². The molecule has 5 nitrogen and oxygen atoms in total. The average Bonchev–Trinajstić information content (AvgIpc) is 2.83. The van der Waals surface area contributed by atoms with Gasteiger partial charge >= 0.3 is 0 Å². The van der Waals surface area contributed by atoms with Crippen molar-refractivity contribution in [1.82, 2.24) is 15.2 Å². The van der Waals surface area contributed by atoms with Crippen molar-refractivity contribution < 1.29 is 0 Å². The van der Waals surface area contributed by atoms with Gasteiger partial charge in [-0.05, 0) is 19.3 Å². The van der Waals surface area contributed by atoms with E-state index < -0.39 is 0 Å². The van der Waals surface area contributed by atoms with Gasteiger partial charge in [-0.2, -0.15) is 10.1 Å². The van der Waals surface area contributed by atoms with Crippen molar-refractivity contribution in [1.29, 1.82) is 0 Å². The number of anilines is 2. The van der Waals surface area contributed by atoms with Crippen LogP contribution in [0.4, 0.5) is 11.8 Å². The van der Waals surface area contributed by atoms with Crippen LogP contribution in [0.25, 0.3) is 0 Å². The lowest BCUT2D eigenvalue weighted by atomic mass is 10.3. The minimum absolute atomic E-state index is 0.763. The monoisotopic (exact) mass is 221 g/mol. The Hall–Kier alpha value is -1.39. The molecule has 2 heterocycles. The van der Waals surface area contributed by atoms with Gasteiger partial charge in [0.2, 0.25) is 5.95 Å². The molecule has 5 heteroatoms.